The number of fused-ring (bicyclic) bond motifs is 3. The van der Waals surface area contributed by atoms with Crippen LogP contribution < -0.4 is 0 Å². The van der Waals surface area contributed by atoms with E-state index in [0.717, 1.165) is 12.1 Å². The van der Waals surface area contributed by atoms with Gasteiger partial charge in [0, 0.05) is 28.4 Å². The van der Waals surface area contributed by atoms with Crippen molar-refractivity contribution < 1.29 is 9.90 Å². The van der Waals surface area contributed by atoms with Crippen molar-refractivity contribution in [3.63, 3.8) is 0 Å². The van der Waals surface area contributed by atoms with E-state index in [0.29, 0.717) is 0 Å². The van der Waals surface area contributed by atoms with Crippen molar-refractivity contribution in [1.29, 1.82) is 0 Å². The van der Waals surface area contributed by atoms with Gasteiger partial charge in [0.15, 0.2) is 5.78 Å². The summed E-state index contributed by atoms with van der Waals surface area (Å²) < 4.78 is 2.43. The molecule has 3 heteroatoms. The van der Waals surface area contributed by atoms with Crippen molar-refractivity contribution in [2.45, 2.75) is 71.4 Å². The van der Waals surface area contributed by atoms with E-state index < -0.39 is 5.60 Å². The number of unbranched alkanes of at least 4 members (excludes halogenated alkanes) is 5. The number of carbonyl (C=O) groups excluding carboxylic acids is 1. The lowest BCUT2D eigenvalue weighted by molar-refractivity contribution is -0.128. The molecular formula is C26H33NO2. The van der Waals surface area contributed by atoms with Gasteiger partial charge in [-0.2, -0.15) is 0 Å². The minimum Gasteiger partial charge on any atom is -0.382 e. The van der Waals surface area contributed by atoms with Gasteiger partial charge in [0.05, 0.1) is 0 Å². The largest absolute Gasteiger partial charge is 0.382 e. The van der Waals surface area contributed by atoms with E-state index in [2.05, 4.69) is 47.9 Å². The van der Waals surface area contributed by atoms with E-state index in [1.54, 1.807) is 6.08 Å². The van der Waals surface area contributed by atoms with Crippen LogP contribution in [0.3, 0.4) is 0 Å². The third-order valence-corrected chi connectivity index (χ3v) is 5.56. The highest BCUT2D eigenvalue weighted by atomic mass is 16.3. The molecule has 0 aliphatic heterocycles. The minimum atomic E-state index is -1.34. The highest BCUT2D eigenvalue weighted by Gasteiger charge is 2.20. The summed E-state index contributed by atoms with van der Waals surface area (Å²) in [6, 6.07) is 14.9. The highest BCUT2D eigenvalue weighted by molar-refractivity contribution is 6.09. The Morgan fingerprint density at radius 1 is 0.966 bits per heavy atom. The Morgan fingerprint density at radius 2 is 1.66 bits per heavy atom. The summed E-state index contributed by atoms with van der Waals surface area (Å²) in [7, 11) is 0. The molecule has 0 unspecified atom stereocenters. The molecule has 0 fully saturated rings. The molecule has 0 amide bonds. The topological polar surface area (TPSA) is 42.2 Å². The van der Waals surface area contributed by atoms with E-state index in [4.69, 9.17) is 0 Å². The number of para-hydroxylation sites is 1. The summed E-state index contributed by atoms with van der Waals surface area (Å²) in [5.41, 5.74) is 2.14. The van der Waals surface area contributed by atoms with Crippen LogP contribution in [0.4, 0.5) is 0 Å². The molecule has 0 saturated heterocycles. The average Bonchev–Trinajstić information content (AvgIpc) is 3.01. The monoisotopic (exact) mass is 391 g/mol. The first-order valence-electron chi connectivity index (χ1n) is 10.9. The van der Waals surface area contributed by atoms with Crippen LogP contribution in [-0.4, -0.2) is 21.1 Å². The van der Waals surface area contributed by atoms with Gasteiger partial charge in [-0.05, 0) is 50.1 Å². The number of aliphatic hydroxyl groups is 1. The van der Waals surface area contributed by atoms with Crippen LogP contribution in [-0.2, 0) is 11.3 Å². The fraction of sp³-hybridized carbons (Fsp3) is 0.423. The summed E-state index contributed by atoms with van der Waals surface area (Å²) in [6.07, 6.45) is 11.0. The van der Waals surface area contributed by atoms with Crippen LogP contribution in [0.15, 0.2) is 48.5 Å². The van der Waals surface area contributed by atoms with Gasteiger partial charge in [0.1, 0.15) is 5.60 Å². The molecule has 3 nitrogen and oxygen atoms in total. The predicted octanol–water partition coefficient (Wildman–Crippen LogP) is 6.51. The summed E-state index contributed by atoms with van der Waals surface area (Å²) >= 11 is 0. The fourth-order valence-corrected chi connectivity index (χ4v) is 3.84. The minimum absolute atomic E-state index is 0.289. The number of aromatic nitrogens is 1. The fourth-order valence-electron chi connectivity index (χ4n) is 3.84. The lowest BCUT2D eigenvalue weighted by Gasteiger charge is -2.11. The second-order valence-corrected chi connectivity index (χ2v) is 8.47. The molecular weight excluding hydrogens is 358 g/mol. The van der Waals surface area contributed by atoms with Crippen LogP contribution in [0.2, 0.25) is 0 Å². The first-order chi connectivity index (χ1) is 13.9. The van der Waals surface area contributed by atoms with Crippen LogP contribution in [0, 0.1) is 0 Å². The zero-order valence-corrected chi connectivity index (χ0v) is 17.9. The Morgan fingerprint density at radius 3 is 2.41 bits per heavy atom. The number of aryl methyl sites for hydroxylation is 1. The zero-order valence-electron chi connectivity index (χ0n) is 17.9. The molecule has 0 aliphatic rings. The number of carbonyl (C=O) groups is 1. The Bertz CT molecular complexity index is 1000. The lowest BCUT2D eigenvalue weighted by atomic mass is 10.0. The van der Waals surface area contributed by atoms with Gasteiger partial charge in [-0.3, -0.25) is 4.79 Å². The van der Waals surface area contributed by atoms with E-state index in [-0.39, 0.29) is 5.78 Å². The van der Waals surface area contributed by atoms with Crippen LogP contribution in [0.25, 0.3) is 27.9 Å². The van der Waals surface area contributed by atoms with Gasteiger partial charge in [-0.1, -0.05) is 69.4 Å². The van der Waals surface area contributed by atoms with E-state index in [9.17, 15) is 9.90 Å². The molecule has 0 atom stereocenters. The number of nitrogens with zero attached hydrogens (tertiary/aromatic N) is 1. The van der Waals surface area contributed by atoms with Gasteiger partial charge in [0.2, 0.25) is 0 Å². The van der Waals surface area contributed by atoms with Crippen molar-refractivity contribution in [3.8, 4) is 0 Å². The molecule has 29 heavy (non-hydrogen) atoms. The first kappa shape index (κ1) is 21.3. The second kappa shape index (κ2) is 9.41. The van der Waals surface area contributed by atoms with E-state index >= 15 is 0 Å². The van der Waals surface area contributed by atoms with Crippen molar-refractivity contribution in [2.75, 3.05) is 0 Å². The average molecular weight is 392 g/mol. The van der Waals surface area contributed by atoms with Crippen molar-refractivity contribution in [2.24, 2.45) is 0 Å². The first-order valence-corrected chi connectivity index (χ1v) is 10.9. The molecule has 0 bridgehead atoms. The predicted molar refractivity (Wildman–Crippen MR) is 123 cm³/mol. The summed E-state index contributed by atoms with van der Waals surface area (Å²) in [4.78, 5) is 12.0. The molecule has 0 spiro atoms. The smallest absolute Gasteiger partial charge is 0.186 e. The SMILES string of the molecule is CCCCCCCCn1c2ccccc2c2cc(C=CC(=O)C(C)(C)O)ccc21. The maximum Gasteiger partial charge on any atom is 0.186 e. The maximum atomic E-state index is 12.0. The Labute approximate surface area is 174 Å². The highest BCUT2D eigenvalue weighted by Crippen LogP contribution is 2.30. The van der Waals surface area contributed by atoms with Crippen LogP contribution in [0.5, 0.6) is 0 Å². The molecule has 154 valence electrons. The molecule has 0 aliphatic carbocycles. The number of ketones is 1. The summed E-state index contributed by atoms with van der Waals surface area (Å²) in [6.45, 7) is 6.31. The molecule has 3 aromatic rings. The van der Waals surface area contributed by atoms with E-state index in [1.807, 2.05) is 6.07 Å². The van der Waals surface area contributed by atoms with Crippen LogP contribution in [0.1, 0.15) is 64.9 Å². The van der Waals surface area contributed by atoms with Gasteiger partial charge >= 0.3 is 0 Å². The zero-order chi connectivity index (χ0) is 20.9. The molecule has 0 saturated carbocycles. The quantitative estimate of drug-likeness (QED) is 0.316. The van der Waals surface area contributed by atoms with Gasteiger partial charge in [-0.15, -0.1) is 0 Å². The van der Waals surface area contributed by atoms with Crippen LogP contribution >= 0.6 is 0 Å². The van der Waals surface area contributed by atoms with Gasteiger partial charge in [-0.25, -0.2) is 0 Å². The van der Waals surface area contributed by atoms with Crippen molar-refractivity contribution in [1.82, 2.24) is 4.57 Å². The van der Waals surface area contributed by atoms with Gasteiger partial charge in [0.25, 0.3) is 0 Å². The number of hydrogen-bond donors (Lipinski definition) is 1. The summed E-state index contributed by atoms with van der Waals surface area (Å²) in [5.74, 6) is -0.289. The number of rotatable bonds is 10. The molecule has 0 radical (unpaired) electrons. The number of benzene rings is 2. The molecule has 3 rings (SSSR count). The Hall–Kier alpha value is -2.39. The normalized spacial score (nSPS) is 12.4. The molecule has 1 heterocycles. The van der Waals surface area contributed by atoms with Crippen molar-refractivity contribution >= 4 is 33.7 Å². The molecule has 2 aromatic carbocycles. The Balaban J connectivity index is 1.86. The third-order valence-electron chi connectivity index (χ3n) is 5.56. The summed E-state index contributed by atoms with van der Waals surface area (Å²) in [5, 5.41) is 12.3. The second-order valence-electron chi connectivity index (χ2n) is 8.47. The Kier molecular flexibility index (Phi) is 6.92. The van der Waals surface area contributed by atoms with Crippen molar-refractivity contribution in [3.05, 3.63) is 54.1 Å². The maximum absolute atomic E-state index is 12.0. The van der Waals surface area contributed by atoms with E-state index in [1.165, 1.54) is 80.3 Å². The third kappa shape index (κ3) is 5.16. The number of hydrogen-bond acceptors (Lipinski definition) is 2. The van der Waals surface area contributed by atoms with Gasteiger partial charge < -0.3 is 9.67 Å². The lowest BCUT2D eigenvalue weighted by Crippen LogP contribution is -2.29. The molecule has 1 aromatic heterocycles. The standard InChI is InChI=1S/C26H33NO2/c1-4-5-6-7-8-11-18-27-23-13-10-9-12-21(23)22-19-20(14-16-24(22)27)15-17-25(28)26(2,3)29/h9-10,12-17,19,29H,4-8,11,18H2,1-3H3. The molecule has 1 N–H and O–H groups in total.